The van der Waals surface area contributed by atoms with Crippen molar-refractivity contribution < 1.29 is 19.2 Å². The van der Waals surface area contributed by atoms with Gasteiger partial charge in [-0.3, -0.25) is 4.79 Å². The number of carbonyl (C=O) groups is 1. The summed E-state index contributed by atoms with van der Waals surface area (Å²) >= 11 is 0. The maximum atomic E-state index is 12.4. The van der Waals surface area contributed by atoms with Crippen molar-refractivity contribution in [3.63, 3.8) is 0 Å². The minimum atomic E-state index is -0.166. The molecule has 0 saturated heterocycles. The van der Waals surface area contributed by atoms with Gasteiger partial charge in [-0.2, -0.15) is 0 Å². The van der Waals surface area contributed by atoms with E-state index in [-0.39, 0.29) is 18.7 Å². The number of ether oxygens (including phenoxy) is 2. The number of nitrogens with one attached hydrogen (secondary N) is 2. The van der Waals surface area contributed by atoms with Crippen LogP contribution in [0.4, 0.5) is 5.69 Å². The molecule has 1 aliphatic rings. The summed E-state index contributed by atoms with van der Waals surface area (Å²) in [6.07, 6.45) is 0. The molecule has 5 nitrogen and oxygen atoms in total. The largest absolute Gasteiger partial charge is 0.454 e. The Kier molecular flexibility index (Phi) is 4.48. The molecule has 5 heteroatoms. The van der Waals surface area contributed by atoms with E-state index in [1.807, 2.05) is 44.3 Å². The van der Waals surface area contributed by atoms with Crippen LogP contribution in [0.1, 0.15) is 12.5 Å². The van der Waals surface area contributed by atoms with Crippen molar-refractivity contribution in [2.24, 2.45) is 0 Å². The second-order valence-corrected chi connectivity index (χ2v) is 5.79. The third-order valence-corrected chi connectivity index (χ3v) is 4.10. The van der Waals surface area contributed by atoms with E-state index < -0.39 is 0 Å². The van der Waals surface area contributed by atoms with Crippen molar-refractivity contribution in [3.05, 3.63) is 54.1 Å². The quantitative estimate of drug-likeness (QED) is 0.879. The Morgan fingerprint density at radius 2 is 1.91 bits per heavy atom. The summed E-state index contributed by atoms with van der Waals surface area (Å²) < 4.78 is 10.6. The number of carbonyl (C=O) groups excluding carboxylic acids is 1. The molecule has 0 aliphatic carbocycles. The molecule has 0 aromatic heterocycles. The maximum absolute atomic E-state index is 12.4. The highest BCUT2D eigenvalue weighted by Crippen LogP contribution is 2.34. The van der Waals surface area contributed by atoms with Crippen molar-refractivity contribution in [1.29, 1.82) is 0 Å². The number of amides is 1. The van der Waals surface area contributed by atoms with Gasteiger partial charge < -0.3 is 19.7 Å². The summed E-state index contributed by atoms with van der Waals surface area (Å²) in [5.41, 5.74) is 1.94. The molecule has 2 N–H and O–H groups in total. The van der Waals surface area contributed by atoms with Gasteiger partial charge in [-0.05, 0) is 19.1 Å². The lowest BCUT2D eigenvalue weighted by molar-refractivity contribution is -0.907. The molecular formula is C18H21N2O3+. The van der Waals surface area contributed by atoms with Crippen LogP contribution >= 0.6 is 0 Å². The number of rotatable bonds is 5. The second kappa shape index (κ2) is 6.71. The number of benzene rings is 2. The van der Waals surface area contributed by atoms with Gasteiger partial charge >= 0.3 is 0 Å². The summed E-state index contributed by atoms with van der Waals surface area (Å²) in [5.74, 6) is 1.36. The zero-order valence-electron chi connectivity index (χ0n) is 13.3. The first-order valence-corrected chi connectivity index (χ1v) is 7.70. The summed E-state index contributed by atoms with van der Waals surface area (Å²) in [6.45, 7) is 2.96. The summed E-state index contributed by atoms with van der Waals surface area (Å²) in [5, 5.41) is 2.94. The average Bonchev–Trinajstić information content (AvgIpc) is 3.02. The van der Waals surface area contributed by atoms with Crippen molar-refractivity contribution >= 4 is 11.6 Å². The Morgan fingerprint density at radius 1 is 1.17 bits per heavy atom. The Labute approximate surface area is 135 Å². The van der Waals surface area contributed by atoms with Gasteiger partial charge in [0.05, 0.1) is 7.05 Å². The Bertz CT molecular complexity index is 688. The molecule has 2 aromatic rings. The third kappa shape index (κ3) is 3.63. The van der Waals surface area contributed by atoms with Crippen LogP contribution in [0.3, 0.4) is 0 Å². The van der Waals surface area contributed by atoms with E-state index in [0.717, 1.165) is 17.1 Å². The molecule has 1 aliphatic heterocycles. The number of quaternary nitrogens is 1. The fraction of sp³-hybridized carbons (Fsp3) is 0.278. The second-order valence-electron chi connectivity index (χ2n) is 5.79. The minimum Gasteiger partial charge on any atom is -0.454 e. The van der Waals surface area contributed by atoms with Crippen molar-refractivity contribution in [2.75, 3.05) is 19.2 Å². The molecule has 0 radical (unpaired) electrons. The number of likely N-dealkylation sites (N-methyl/N-ethyl adjacent to an activating group) is 1. The lowest BCUT2D eigenvalue weighted by atomic mass is 10.2. The van der Waals surface area contributed by atoms with E-state index >= 15 is 0 Å². The molecule has 1 unspecified atom stereocenters. The van der Waals surface area contributed by atoms with Gasteiger partial charge in [0.15, 0.2) is 17.5 Å². The molecule has 0 bridgehead atoms. The molecular weight excluding hydrogens is 292 g/mol. The van der Waals surface area contributed by atoms with Gasteiger partial charge in [-0.15, -0.1) is 0 Å². The van der Waals surface area contributed by atoms with E-state index in [1.54, 1.807) is 6.07 Å². The highest BCUT2D eigenvalue weighted by Gasteiger charge is 2.23. The van der Waals surface area contributed by atoms with Gasteiger partial charge in [-0.25, -0.2) is 0 Å². The highest BCUT2D eigenvalue weighted by atomic mass is 16.7. The molecule has 3 rings (SSSR count). The molecule has 1 amide bonds. The monoisotopic (exact) mass is 313 g/mol. The van der Waals surface area contributed by atoms with Crippen LogP contribution in [0.2, 0.25) is 0 Å². The van der Waals surface area contributed by atoms with Gasteiger partial charge in [-0.1, -0.05) is 30.3 Å². The molecule has 0 spiro atoms. The van der Waals surface area contributed by atoms with Crippen molar-refractivity contribution in [2.45, 2.75) is 19.5 Å². The van der Waals surface area contributed by atoms with Crippen LogP contribution in [0.15, 0.2) is 48.5 Å². The normalized spacial score (nSPS) is 15.0. The van der Waals surface area contributed by atoms with Crippen molar-refractivity contribution in [3.8, 4) is 11.5 Å². The lowest BCUT2D eigenvalue weighted by Crippen LogP contribution is -3.12. The zero-order valence-corrected chi connectivity index (χ0v) is 13.3. The van der Waals surface area contributed by atoms with E-state index in [2.05, 4.69) is 17.4 Å². The van der Waals surface area contributed by atoms with Crippen molar-refractivity contribution in [1.82, 2.24) is 0 Å². The van der Waals surface area contributed by atoms with Crippen LogP contribution in [0.5, 0.6) is 11.5 Å². The summed E-state index contributed by atoms with van der Waals surface area (Å²) in [4.78, 5) is 13.6. The Morgan fingerprint density at radius 3 is 2.70 bits per heavy atom. The average molecular weight is 313 g/mol. The van der Waals surface area contributed by atoms with E-state index in [9.17, 15) is 4.79 Å². The molecule has 2 atom stereocenters. The molecule has 1 heterocycles. The van der Waals surface area contributed by atoms with Gasteiger partial charge in [0.2, 0.25) is 6.79 Å². The number of fused-ring (bicyclic) bond motifs is 1. The third-order valence-electron chi connectivity index (χ3n) is 4.10. The van der Waals surface area contributed by atoms with Gasteiger partial charge in [0.1, 0.15) is 6.54 Å². The molecule has 0 fully saturated rings. The predicted molar refractivity (Wildman–Crippen MR) is 87.7 cm³/mol. The topological polar surface area (TPSA) is 52.0 Å². The first kappa shape index (κ1) is 15.4. The smallest absolute Gasteiger partial charge is 0.282 e. The molecule has 0 saturated carbocycles. The van der Waals surface area contributed by atoms with Gasteiger partial charge in [0, 0.05) is 17.3 Å². The Hall–Kier alpha value is -2.53. The van der Waals surface area contributed by atoms with Crippen LogP contribution in [-0.2, 0) is 11.3 Å². The number of anilines is 1. The minimum absolute atomic E-state index is 0.0164. The molecule has 120 valence electrons. The van der Waals surface area contributed by atoms with Crippen LogP contribution in [-0.4, -0.2) is 25.8 Å². The van der Waals surface area contributed by atoms with Crippen LogP contribution in [0.25, 0.3) is 0 Å². The number of hydrogen-bond donors (Lipinski definition) is 2. The predicted octanol–water partition coefficient (Wildman–Crippen LogP) is 1.46. The first-order chi connectivity index (χ1) is 11.1. The first-order valence-electron chi connectivity index (χ1n) is 7.70. The zero-order chi connectivity index (χ0) is 16.2. The summed E-state index contributed by atoms with van der Waals surface area (Å²) in [7, 11) is 2.02. The van der Waals surface area contributed by atoms with Crippen LogP contribution in [0, 0.1) is 0 Å². The SMILES string of the molecule is C[C@@H](C(=O)Nc1ccc2c(c1)OCO2)[NH+](C)Cc1ccccc1. The van der Waals surface area contributed by atoms with Gasteiger partial charge in [0.25, 0.3) is 5.91 Å². The Balaban J connectivity index is 1.61. The highest BCUT2D eigenvalue weighted by molar-refractivity contribution is 5.93. The lowest BCUT2D eigenvalue weighted by Gasteiger charge is -2.21. The molecule has 2 aromatic carbocycles. The summed E-state index contributed by atoms with van der Waals surface area (Å²) in [6, 6.07) is 15.4. The molecule has 23 heavy (non-hydrogen) atoms. The number of hydrogen-bond acceptors (Lipinski definition) is 3. The van der Waals surface area contributed by atoms with E-state index in [1.165, 1.54) is 5.56 Å². The van der Waals surface area contributed by atoms with E-state index in [0.29, 0.717) is 11.5 Å². The standard InChI is InChI=1S/C18H20N2O3/c1-13(20(2)11-14-6-4-3-5-7-14)18(21)19-15-8-9-16-17(10-15)23-12-22-16/h3-10,13H,11-12H2,1-2H3,(H,19,21)/p+1/t13-/m0/s1. The van der Waals surface area contributed by atoms with Crippen LogP contribution < -0.4 is 19.7 Å². The fourth-order valence-electron chi connectivity index (χ4n) is 2.52. The van der Waals surface area contributed by atoms with E-state index in [4.69, 9.17) is 9.47 Å². The maximum Gasteiger partial charge on any atom is 0.282 e. The fourth-order valence-corrected chi connectivity index (χ4v) is 2.52.